The van der Waals surface area contributed by atoms with E-state index in [4.69, 9.17) is 4.74 Å². The number of ether oxygens (including phenoxy) is 1. The molecule has 0 atom stereocenters. The van der Waals surface area contributed by atoms with Crippen LogP contribution in [-0.2, 0) is 6.42 Å². The Hall–Kier alpha value is -2.10. The summed E-state index contributed by atoms with van der Waals surface area (Å²) in [5.74, 6) is 0.926. The van der Waals surface area contributed by atoms with Crippen LogP contribution in [0.5, 0.6) is 5.75 Å². The second kappa shape index (κ2) is 8.93. The minimum absolute atomic E-state index is 0.701. The average Bonchev–Trinajstić information content (AvgIpc) is 3.28. The fraction of sp³-hybridized carbons (Fsp3) is 0.280. The second-order valence-corrected chi connectivity index (χ2v) is 9.30. The third kappa shape index (κ3) is 4.31. The van der Waals surface area contributed by atoms with Crippen LogP contribution in [0, 0.1) is 0 Å². The first kappa shape index (κ1) is 19.2. The highest BCUT2D eigenvalue weighted by Gasteiger charge is 2.09. The van der Waals surface area contributed by atoms with Crippen LogP contribution in [0.15, 0.2) is 60.7 Å². The van der Waals surface area contributed by atoms with Gasteiger partial charge in [-0.2, -0.15) is 0 Å². The van der Waals surface area contributed by atoms with Crippen molar-refractivity contribution in [2.75, 3.05) is 6.61 Å². The molecule has 0 radical (unpaired) electrons. The molecule has 0 amide bonds. The molecule has 1 nitrogen and oxygen atoms in total. The predicted octanol–water partition coefficient (Wildman–Crippen LogP) is 8.43. The Morgan fingerprint density at radius 3 is 2.00 bits per heavy atom. The van der Waals surface area contributed by atoms with Gasteiger partial charge in [-0.05, 0) is 60.7 Å². The van der Waals surface area contributed by atoms with Crippen molar-refractivity contribution in [2.45, 2.75) is 39.5 Å². The first-order valence-corrected chi connectivity index (χ1v) is 11.8. The number of aryl methyl sites for hydroxylation is 1. The number of rotatable bonds is 8. The maximum Gasteiger partial charge on any atom is 0.119 e. The largest absolute Gasteiger partial charge is 0.494 e. The monoisotopic (exact) mass is 406 g/mol. The number of thiophene rings is 2. The summed E-state index contributed by atoms with van der Waals surface area (Å²) in [6.45, 7) is 4.97. The van der Waals surface area contributed by atoms with Gasteiger partial charge in [0.2, 0.25) is 0 Å². The molecule has 0 N–H and O–H groups in total. The zero-order valence-electron chi connectivity index (χ0n) is 16.5. The predicted molar refractivity (Wildman–Crippen MR) is 125 cm³/mol. The topological polar surface area (TPSA) is 9.23 Å². The van der Waals surface area contributed by atoms with Crippen molar-refractivity contribution >= 4 is 32.1 Å². The van der Waals surface area contributed by atoms with E-state index in [1.807, 2.05) is 41.7 Å². The molecule has 0 bridgehead atoms. The molecule has 0 unspecified atom stereocenters. The summed E-state index contributed by atoms with van der Waals surface area (Å²) in [5.41, 5.74) is 3.76. The van der Waals surface area contributed by atoms with E-state index in [0.29, 0.717) is 6.61 Å². The molecule has 0 aliphatic carbocycles. The summed E-state index contributed by atoms with van der Waals surface area (Å²) in [6.07, 6.45) is 5.16. The number of fused-ring (bicyclic) bond motifs is 1. The molecule has 28 heavy (non-hydrogen) atoms. The molecule has 2 aromatic carbocycles. The van der Waals surface area contributed by atoms with Crippen LogP contribution in [0.1, 0.15) is 38.0 Å². The molecular formula is C25H26OS2. The molecule has 0 fully saturated rings. The Labute approximate surface area is 175 Å². The summed E-state index contributed by atoms with van der Waals surface area (Å²) in [5, 5.41) is 0. The lowest BCUT2D eigenvalue weighted by Gasteiger charge is -2.06. The van der Waals surface area contributed by atoms with E-state index >= 15 is 0 Å². The van der Waals surface area contributed by atoms with Gasteiger partial charge >= 0.3 is 0 Å². The van der Waals surface area contributed by atoms with Crippen LogP contribution in [0.25, 0.3) is 31.0 Å². The number of hydrogen-bond donors (Lipinski definition) is 0. The molecule has 0 saturated carbocycles. The van der Waals surface area contributed by atoms with Crippen molar-refractivity contribution in [3.63, 3.8) is 0 Å². The normalized spacial score (nSPS) is 11.2. The standard InChI is InChI=1S/C25H26OS2/c1-3-5-6-7-22-16-24-25(27-22)17-23(28-24)20-10-8-18(9-11-20)19-12-14-21(15-13-19)26-4-2/h8-17H,3-7H2,1-2H3. The zero-order chi connectivity index (χ0) is 19.3. The van der Waals surface area contributed by atoms with E-state index < -0.39 is 0 Å². The zero-order valence-corrected chi connectivity index (χ0v) is 18.2. The Balaban J connectivity index is 1.49. The average molecular weight is 407 g/mol. The highest BCUT2D eigenvalue weighted by molar-refractivity contribution is 7.29. The van der Waals surface area contributed by atoms with Crippen LogP contribution in [0.2, 0.25) is 0 Å². The first-order valence-electron chi connectivity index (χ1n) is 10.1. The van der Waals surface area contributed by atoms with Crippen LogP contribution >= 0.6 is 22.7 Å². The van der Waals surface area contributed by atoms with E-state index in [1.165, 1.54) is 61.5 Å². The van der Waals surface area contributed by atoms with Crippen molar-refractivity contribution in [2.24, 2.45) is 0 Å². The van der Waals surface area contributed by atoms with Crippen LogP contribution in [-0.4, -0.2) is 6.61 Å². The Morgan fingerprint density at radius 2 is 1.36 bits per heavy atom. The summed E-state index contributed by atoms with van der Waals surface area (Å²) in [7, 11) is 0. The van der Waals surface area contributed by atoms with Crippen LogP contribution < -0.4 is 4.74 Å². The van der Waals surface area contributed by atoms with E-state index in [1.54, 1.807) is 0 Å². The second-order valence-electron chi connectivity index (χ2n) is 7.04. The molecule has 0 saturated heterocycles. The quantitative estimate of drug-likeness (QED) is 0.267. The Morgan fingerprint density at radius 1 is 0.714 bits per heavy atom. The molecule has 0 spiro atoms. The lowest BCUT2D eigenvalue weighted by molar-refractivity contribution is 0.340. The molecular weight excluding hydrogens is 380 g/mol. The van der Waals surface area contributed by atoms with E-state index in [9.17, 15) is 0 Å². The van der Waals surface area contributed by atoms with Crippen molar-refractivity contribution in [1.29, 1.82) is 0 Å². The summed E-state index contributed by atoms with van der Waals surface area (Å²) in [6, 6.07) is 22.0. The van der Waals surface area contributed by atoms with Crippen LogP contribution in [0.4, 0.5) is 0 Å². The molecule has 0 aliphatic rings. The van der Waals surface area contributed by atoms with Gasteiger partial charge in [0.25, 0.3) is 0 Å². The van der Waals surface area contributed by atoms with E-state index in [-0.39, 0.29) is 0 Å². The highest BCUT2D eigenvalue weighted by atomic mass is 32.1. The van der Waals surface area contributed by atoms with Gasteiger partial charge in [0.05, 0.1) is 6.61 Å². The first-order chi connectivity index (χ1) is 13.8. The molecule has 3 heteroatoms. The number of benzene rings is 2. The summed E-state index contributed by atoms with van der Waals surface area (Å²) >= 11 is 3.88. The summed E-state index contributed by atoms with van der Waals surface area (Å²) in [4.78, 5) is 2.90. The van der Waals surface area contributed by atoms with Gasteiger partial charge in [-0.25, -0.2) is 0 Å². The SMILES string of the molecule is CCCCCc1cc2sc(-c3ccc(-c4ccc(OCC)cc4)cc3)cc2s1. The lowest BCUT2D eigenvalue weighted by Crippen LogP contribution is -1.90. The smallest absolute Gasteiger partial charge is 0.119 e. The van der Waals surface area contributed by atoms with Gasteiger partial charge in [0, 0.05) is 19.2 Å². The number of hydrogen-bond acceptors (Lipinski definition) is 3. The fourth-order valence-electron chi connectivity index (χ4n) is 3.44. The fourth-order valence-corrected chi connectivity index (χ4v) is 5.91. The van der Waals surface area contributed by atoms with Gasteiger partial charge in [0.1, 0.15) is 5.75 Å². The van der Waals surface area contributed by atoms with Crippen LogP contribution in [0.3, 0.4) is 0 Å². The molecule has 2 heterocycles. The van der Waals surface area contributed by atoms with Gasteiger partial charge in [0.15, 0.2) is 0 Å². The molecule has 144 valence electrons. The minimum Gasteiger partial charge on any atom is -0.494 e. The summed E-state index contributed by atoms with van der Waals surface area (Å²) < 4.78 is 8.40. The molecule has 4 aromatic rings. The molecule has 0 aliphatic heterocycles. The van der Waals surface area contributed by atoms with Gasteiger partial charge in [-0.15, -0.1) is 22.7 Å². The van der Waals surface area contributed by atoms with Crippen molar-refractivity contribution in [3.05, 3.63) is 65.5 Å². The maximum atomic E-state index is 5.53. The van der Waals surface area contributed by atoms with E-state index in [0.717, 1.165) is 5.75 Å². The Bertz CT molecular complexity index is 991. The molecule has 2 aromatic heterocycles. The highest BCUT2D eigenvalue weighted by Crippen LogP contribution is 2.39. The Kier molecular flexibility index (Phi) is 6.13. The lowest BCUT2D eigenvalue weighted by atomic mass is 10.0. The van der Waals surface area contributed by atoms with Crippen molar-refractivity contribution in [3.8, 4) is 27.3 Å². The van der Waals surface area contributed by atoms with Gasteiger partial charge in [-0.3, -0.25) is 0 Å². The third-order valence-corrected chi connectivity index (χ3v) is 7.36. The minimum atomic E-state index is 0.701. The third-order valence-electron chi connectivity index (χ3n) is 4.95. The maximum absolute atomic E-state index is 5.53. The van der Waals surface area contributed by atoms with Crippen molar-refractivity contribution < 1.29 is 4.74 Å². The number of unbranched alkanes of at least 4 members (excludes halogenated alkanes) is 2. The van der Waals surface area contributed by atoms with Crippen molar-refractivity contribution in [1.82, 2.24) is 0 Å². The van der Waals surface area contributed by atoms with Gasteiger partial charge in [-0.1, -0.05) is 56.2 Å². The van der Waals surface area contributed by atoms with E-state index in [2.05, 4.69) is 55.5 Å². The van der Waals surface area contributed by atoms with Gasteiger partial charge < -0.3 is 4.74 Å². The molecule has 4 rings (SSSR count).